The Morgan fingerprint density at radius 1 is 1.10 bits per heavy atom. The molecule has 0 aliphatic heterocycles. The lowest BCUT2D eigenvalue weighted by atomic mass is 10.0. The van der Waals surface area contributed by atoms with Gasteiger partial charge >= 0.3 is 0 Å². The molecular formula is C18H19NO. The Labute approximate surface area is 120 Å². The molecule has 2 aromatic rings. The second-order valence-electron chi connectivity index (χ2n) is 4.74. The van der Waals surface area contributed by atoms with Gasteiger partial charge in [-0.25, -0.2) is 0 Å². The average molecular weight is 265 g/mol. The predicted molar refractivity (Wildman–Crippen MR) is 84.0 cm³/mol. The van der Waals surface area contributed by atoms with Crippen molar-refractivity contribution < 1.29 is 4.74 Å². The maximum Gasteiger partial charge on any atom is 0.118 e. The minimum Gasteiger partial charge on any atom is -0.497 e. The lowest BCUT2D eigenvalue weighted by Gasteiger charge is -2.18. The molecule has 0 radical (unpaired) electrons. The molecular weight excluding hydrogens is 246 g/mol. The van der Waals surface area contributed by atoms with Gasteiger partial charge in [0, 0.05) is 12.1 Å². The molecule has 20 heavy (non-hydrogen) atoms. The van der Waals surface area contributed by atoms with E-state index in [4.69, 9.17) is 11.2 Å². The molecule has 0 aliphatic carbocycles. The van der Waals surface area contributed by atoms with E-state index in [1.807, 2.05) is 24.3 Å². The highest BCUT2D eigenvalue weighted by atomic mass is 16.5. The molecule has 0 saturated heterocycles. The van der Waals surface area contributed by atoms with E-state index in [9.17, 15) is 0 Å². The molecule has 0 aromatic heterocycles. The van der Waals surface area contributed by atoms with Crippen LogP contribution in [0.3, 0.4) is 0 Å². The van der Waals surface area contributed by atoms with Gasteiger partial charge in [-0.3, -0.25) is 0 Å². The van der Waals surface area contributed by atoms with Crippen LogP contribution < -0.4 is 10.1 Å². The van der Waals surface area contributed by atoms with Gasteiger partial charge in [-0.2, -0.15) is 0 Å². The largest absolute Gasteiger partial charge is 0.497 e. The Kier molecular flexibility index (Phi) is 4.68. The van der Waals surface area contributed by atoms with Crippen molar-refractivity contribution in [3.63, 3.8) is 0 Å². The summed E-state index contributed by atoms with van der Waals surface area (Å²) in [6.07, 6.45) is 6.12. The Bertz CT molecular complexity index is 578. The summed E-state index contributed by atoms with van der Waals surface area (Å²) >= 11 is 0. The average Bonchev–Trinajstić information content (AvgIpc) is 2.49. The number of hydrogen-bond donors (Lipinski definition) is 1. The van der Waals surface area contributed by atoms with Crippen molar-refractivity contribution in [1.82, 2.24) is 0 Å². The Morgan fingerprint density at radius 3 is 2.30 bits per heavy atom. The number of nitrogens with one attached hydrogen (secondary N) is 1. The zero-order chi connectivity index (χ0) is 14.4. The second-order valence-corrected chi connectivity index (χ2v) is 4.74. The van der Waals surface area contributed by atoms with Gasteiger partial charge in [0.2, 0.25) is 0 Å². The maximum atomic E-state index is 5.49. The third kappa shape index (κ3) is 3.55. The summed E-state index contributed by atoms with van der Waals surface area (Å²) in [5, 5.41) is 3.48. The molecule has 0 fully saturated rings. The van der Waals surface area contributed by atoms with Crippen LogP contribution in [0.1, 0.15) is 23.6 Å². The Balaban J connectivity index is 2.17. The number of terminal acetylenes is 1. The van der Waals surface area contributed by atoms with Gasteiger partial charge in [-0.15, -0.1) is 12.3 Å². The Morgan fingerprint density at radius 2 is 1.75 bits per heavy atom. The Hall–Kier alpha value is -2.40. The third-order valence-corrected chi connectivity index (χ3v) is 3.23. The van der Waals surface area contributed by atoms with Crippen molar-refractivity contribution in [2.75, 3.05) is 12.4 Å². The molecule has 2 rings (SSSR count). The third-order valence-electron chi connectivity index (χ3n) is 3.23. The van der Waals surface area contributed by atoms with Crippen LogP contribution in [-0.2, 0) is 0 Å². The number of anilines is 1. The summed E-state index contributed by atoms with van der Waals surface area (Å²) in [5.41, 5.74) is 3.48. The van der Waals surface area contributed by atoms with E-state index >= 15 is 0 Å². The van der Waals surface area contributed by atoms with E-state index in [1.165, 1.54) is 5.56 Å². The van der Waals surface area contributed by atoms with Crippen molar-refractivity contribution in [2.45, 2.75) is 19.4 Å². The second kappa shape index (κ2) is 6.68. The SMILES string of the molecule is C#CCC(Nc1ccc(C)cc1)c1ccc(OC)cc1. The molecule has 0 spiro atoms. The smallest absolute Gasteiger partial charge is 0.118 e. The molecule has 0 bridgehead atoms. The maximum absolute atomic E-state index is 5.49. The molecule has 1 N–H and O–H groups in total. The van der Waals surface area contributed by atoms with Crippen LogP contribution in [0.25, 0.3) is 0 Å². The molecule has 0 saturated carbocycles. The highest BCUT2D eigenvalue weighted by Gasteiger charge is 2.10. The van der Waals surface area contributed by atoms with E-state index < -0.39 is 0 Å². The topological polar surface area (TPSA) is 21.3 Å². The van der Waals surface area contributed by atoms with Gasteiger partial charge in [0.25, 0.3) is 0 Å². The van der Waals surface area contributed by atoms with Crippen molar-refractivity contribution in [2.24, 2.45) is 0 Å². The van der Waals surface area contributed by atoms with E-state index in [0.29, 0.717) is 6.42 Å². The first-order valence-electron chi connectivity index (χ1n) is 6.63. The van der Waals surface area contributed by atoms with Crippen molar-refractivity contribution >= 4 is 5.69 Å². The number of rotatable bonds is 5. The summed E-state index contributed by atoms with van der Waals surface area (Å²) in [7, 11) is 1.67. The van der Waals surface area contributed by atoms with Crippen LogP contribution in [0.2, 0.25) is 0 Å². The normalized spacial score (nSPS) is 11.4. The molecule has 0 heterocycles. The molecule has 1 unspecified atom stereocenters. The summed E-state index contributed by atoms with van der Waals surface area (Å²) in [6.45, 7) is 2.08. The van der Waals surface area contributed by atoms with Crippen LogP contribution in [-0.4, -0.2) is 7.11 Å². The van der Waals surface area contributed by atoms with Gasteiger partial charge in [-0.05, 0) is 36.8 Å². The molecule has 2 heteroatoms. The monoisotopic (exact) mass is 265 g/mol. The predicted octanol–water partition coefficient (Wildman–Crippen LogP) is 4.18. The van der Waals surface area contributed by atoms with Gasteiger partial charge in [0.15, 0.2) is 0 Å². The first-order valence-corrected chi connectivity index (χ1v) is 6.63. The fourth-order valence-electron chi connectivity index (χ4n) is 2.06. The van der Waals surface area contributed by atoms with E-state index in [-0.39, 0.29) is 6.04 Å². The van der Waals surface area contributed by atoms with Gasteiger partial charge in [-0.1, -0.05) is 29.8 Å². The number of ether oxygens (including phenoxy) is 1. The minimum atomic E-state index is 0.105. The van der Waals surface area contributed by atoms with Gasteiger partial charge in [0.1, 0.15) is 5.75 Å². The molecule has 0 amide bonds. The van der Waals surface area contributed by atoms with Gasteiger partial charge in [0.05, 0.1) is 13.2 Å². The van der Waals surface area contributed by atoms with Gasteiger partial charge < -0.3 is 10.1 Å². The van der Waals surface area contributed by atoms with Crippen LogP contribution in [0.15, 0.2) is 48.5 Å². The summed E-state index contributed by atoms with van der Waals surface area (Å²) < 4.78 is 5.18. The lowest BCUT2D eigenvalue weighted by Crippen LogP contribution is -2.10. The fraction of sp³-hybridized carbons (Fsp3) is 0.222. The number of methoxy groups -OCH3 is 1. The highest BCUT2D eigenvalue weighted by molar-refractivity contribution is 5.47. The van der Waals surface area contributed by atoms with Crippen molar-refractivity contribution in [1.29, 1.82) is 0 Å². The molecule has 1 atom stereocenters. The fourth-order valence-corrected chi connectivity index (χ4v) is 2.06. The van der Waals surface area contributed by atoms with Crippen LogP contribution >= 0.6 is 0 Å². The van der Waals surface area contributed by atoms with Crippen LogP contribution in [0.4, 0.5) is 5.69 Å². The molecule has 2 nitrogen and oxygen atoms in total. The zero-order valence-electron chi connectivity index (χ0n) is 11.9. The lowest BCUT2D eigenvalue weighted by molar-refractivity contribution is 0.414. The minimum absolute atomic E-state index is 0.105. The zero-order valence-corrected chi connectivity index (χ0v) is 11.9. The molecule has 0 aliphatic rings. The highest BCUT2D eigenvalue weighted by Crippen LogP contribution is 2.24. The van der Waals surface area contributed by atoms with Crippen molar-refractivity contribution in [3.8, 4) is 18.1 Å². The van der Waals surface area contributed by atoms with Crippen LogP contribution in [0, 0.1) is 19.3 Å². The van der Waals surface area contributed by atoms with E-state index in [1.54, 1.807) is 7.11 Å². The summed E-state index contributed by atoms with van der Waals surface area (Å²) in [4.78, 5) is 0. The summed E-state index contributed by atoms with van der Waals surface area (Å²) in [5.74, 6) is 3.58. The standard InChI is InChI=1S/C18H19NO/c1-4-5-18(15-8-12-17(20-3)13-9-15)19-16-10-6-14(2)7-11-16/h1,6-13,18-19H,5H2,2-3H3. The van der Waals surface area contributed by atoms with E-state index in [0.717, 1.165) is 17.0 Å². The van der Waals surface area contributed by atoms with Crippen LogP contribution in [0.5, 0.6) is 5.75 Å². The number of hydrogen-bond acceptors (Lipinski definition) is 2. The molecule has 102 valence electrons. The summed E-state index contributed by atoms with van der Waals surface area (Å²) in [6, 6.07) is 16.4. The quantitative estimate of drug-likeness (QED) is 0.819. The van der Waals surface area contributed by atoms with E-state index in [2.05, 4.69) is 42.4 Å². The molecule has 2 aromatic carbocycles. The number of benzene rings is 2. The first-order chi connectivity index (χ1) is 9.72. The number of aryl methyl sites for hydroxylation is 1. The van der Waals surface area contributed by atoms with Crippen molar-refractivity contribution in [3.05, 3.63) is 59.7 Å². The first kappa shape index (κ1) is 14.0.